The third kappa shape index (κ3) is 14.1. The summed E-state index contributed by atoms with van der Waals surface area (Å²) in [5.74, 6) is 0. The average Bonchev–Trinajstić information content (AvgIpc) is 4.03. The highest BCUT2D eigenvalue weighted by atomic mass is 16.8. The molecule has 0 amide bonds. The Kier molecular flexibility index (Phi) is 21.8. The number of hydrogen-bond acceptors (Lipinski definition) is 25. The van der Waals surface area contributed by atoms with Crippen molar-refractivity contribution in [1.29, 1.82) is 0 Å². The Morgan fingerprint density at radius 3 is 1.25 bits per heavy atom. The molecule has 20 atom stereocenters. The molecule has 4 aliphatic rings. The summed E-state index contributed by atoms with van der Waals surface area (Å²) >= 11 is 0. The van der Waals surface area contributed by atoms with Crippen LogP contribution in [0.3, 0.4) is 0 Å². The second-order valence-electron chi connectivity index (χ2n) is 17.2. The highest BCUT2D eigenvalue weighted by Crippen LogP contribution is 2.32. The first kappa shape index (κ1) is 55.7. The molecule has 0 aliphatic carbocycles. The van der Waals surface area contributed by atoms with E-state index in [0.717, 1.165) is 11.4 Å². The van der Waals surface area contributed by atoms with E-state index in [0.29, 0.717) is 38.8 Å². The maximum absolute atomic E-state index is 11.6. The van der Waals surface area contributed by atoms with Crippen LogP contribution in [0.25, 0.3) is 0 Å². The molecule has 27 heteroatoms. The van der Waals surface area contributed by atoms with Gasteiger partial charge in [-0.15, -0.1) is 10.2 Å². The van der Waals surface area contributed by atoms with Gasteiger partial charge in [0, 0.05) is 59.5 Å². The van der Waals surface area contributed by atoms with E-state index in [2.05, 4.69) is 20.6 Å². The number of methoxy groups -OCH3 is 2. The van der Waals surface area contributed by atoms with Crippen molar-refractivity contribution in [3.8, 4) is 0 Å². The molecule has 0 unspecified atom stereocenters. The fraction of sp³-hybridized carbons (Fsp3) is 0.905. The topological polar surface area (TPSA) is 354 Å². The largest absolute Gasteiger partial charge is 0.387 e. The minimum atomic E-state index is -1.74. The summed E-state index contributed by atoms with van der Waals surface area (Å²) in [4.78, 5) is 0. The van der Waals surface area contributed by atoms with Crippen molar-refractivity contribution in [2.45, 2.75) is 182 Å². The monoisotopic (exact) mass is 996 g/mol. The Morgan fingerprint density at radius 1 is 0.464 bits per heavy atom. The highest BCUT2D eigenvalue weighted by molar-refractivity contribution is 4.97. The van der Waals surface area contributed by atoms with Gasteiger partial charge in [-0.25, -0.2) is 0 Å². The van der Waals surface area contributed by atoms with E-state index in [-0.39, 0.29) is 33.0 Å². The smallest absolute Gasteiger partial charge is 0.186 e. The summed E-state index contributed by atoms with van der Waals surface area (Å²) in [6.45, 7) is 5.64. The Balaban J connectivity index is 1.16. The van der Waals surface area contributed by atoms with Gasteiger partial charge in [0.05, 0.1) is 37.8 Å². The number of aryl methyl sites for hydroxylation is 4. The molecule has 0 aromatic carbocycles. The molecular formula is C42H72N6O21. The predicted octanol–water partition coefficient (Wildman–Crippen LogP) is -4.86. The lowest BCUT2D eigenvalue weighted by Gasteiger charge is -2.46. The van der Waals surface area contributed by atoms with Crippen molar-refractivity contribution in [3.63, 3.8) is 0 Å². The maximum Gasteiger partial charge on any atom is 0.186 e. The van der Waals surface area contributed by atoms with Crippen molar-refractivity contribution in [2.75, 3.05) is 60.5 Å². The summed E-state index contributed by atoms with van der Waals surface area (Å²) in [5.41, 5.74) is 1.44. The molecular weight excluding hydrogens is 924 g/mol. The van der Waals surface area contributed by atoms with E-state index < -0.39 is 136 Å². The summed E-state index contributed by atoms with van der Waals surface area (Å²) in [7, 11) is 2.65. The zero-order valence-corrected chi connectivity index (χ0v) is 39.5. The second kappa shape index (κ2) is 26.9. The van der Waals surface area contributed by atoms with Crippen molar-refractivity contribution < 1.29 is 103 Å². The maximum atomic E-state index is 11.6. The molecule has 0 radical (unpaired) electrons. The molecule has 4 fully saturated rings. The number of aliphatic hydroxyl groups is 9. The lowest BCUT2D eigenvalue weighted by atomic mass is 9.97. The van der Waals surface area contributed by atoms with Crippen LogP contribution in [0.1, 0.15) is 45.0 Å². The van der Waals surface area contributed by atoms with Gasteiger partial charge in [-0.2, -0.15) is 0 Å². The molecule has 27 nitrogen and oxygen atoms in total. The van der Waals surface area contributed by atoms with Crippen LogP contribution in [0, 0.1) is 0 Å². The lowest BCUT2D eigenvalue weighted by Crippen LogP contribution is -2.64. The van der Waals surface area contributed by atoms with Gasteiger partial charge in [0.1, 0.15) is 97.7 Å². The van der Waals surface area contributed by atoms with Crippen LogP contribution in [0.2, 0.25) is 0 Å². The molecule has 69 heavy (non-hydrogen) atoms. The van der Waals surface area contributed by atoms with Crippen LogP contribution in [0.5, 0.6) is 0 Å². The second-order valence-corrected chi connectivity index (χ2v) is 17.2. The van der Waals surface area contributed by atoms with Crippen LogP contribution in [-0.4, -0.2) is 259 Å². The van der Waals surface area contributed by atoms with Gasteiger partial charge in [-0.1, -0.05) is 10.4 Å². The van der Waals surface area contributed by atoms with E-state index in [9.17, 15) is 46.0 Å². The number of hydrogen-bond donors (Lipinski definition) is 9. The van der Waals surface area contributed by atoms with Gasteiger partial charge in [0.25, 0.3) is 0 Å². The van der Waals surface area contributed by atoms with Gasteiger partial charge < -0.3 is 103 Å². The third-order valence-corrected chi connectivity index (χ3v) is 12.4. The van der Waals surface area contributed by atoms with Crippen molar-refractivity contribution in [1.82, 2.24) is 30.0 Å². The molecule has 6 heterocycles. The van der Waals surface area contributed by atoms with E-state index in [1.165, 1.54) is 14.2 Å². The van der Waals surface area contributed by atoms with Gasteiger partial charge in [0.15, 0.2) is 25.2 Å². The zero-order valence-electron chi connectivity index (χ0n) is 39.5. The standard InChI is InChI=1S/C42H72N6O21/c1-6-47-15-21(43-45-47)11-9-13-61-37-25(19-63-40-32(54)28(50)27(49)23(66-40)17-58-4)68-42(35(57)31(37)53)65-20-26-38(62-14-10-12-22-16-48(7-2)46-44-22)30(52)34(56)41(69-26)64-18-24-36(60-8-3)29(51)33(55)39(59-5)67-24/h15-16,23-42,49-57H,6-14,17-20H2,1-5H3/t23-,24-,25-,26-,27-,28+,29-,30-,31-,32-,33-,34-,35-,36-,37-,38-,39+,40+,41+,42+/m1/s1. The first-order valence-electron chi connectivity index (χ1n) is 23.5. The minimum absolute atomic E-state index is 0.0617. The van der Waals surface area contributed by atoms with Crippen molar-refractivity contribution >= 4 is 0 Å². The summed E-state index contributed by atoms with van der Waals surface area (Å²) < 4.78 is 73.4. The van der Waals surface area contributed by atoms with Gasteiger partial charge in [-0.05, 0) is 46.5 Å². The van der Waals surface area contributed by atoms with Gasteiger partial charge in [-0.3, -0.25) is 9.36 Å². The highest BCUT2D eigenvalue weighted by Gasteiger charge is 2.52. The third-order valence-electron chi connectivity index (χ3n) is 12.4. The average molecular weight is 997 g/mol. The number of ether oxygens (including phenoxy) is 12. The Morgan fingerprint density at radius 2 is 0.855 bits per heavy atom. The van der Waals surface area contributed by atoms with Crippen LogP contribution in [0.4, 0.5) is 0 Å². The number of aromatic nitrogens is 6. The van der Waals surface area contributed by atoms with E-state index >= 15 is 0 Å². The quantitative estimate of drug-likeness (QED) is 0.0399. The molecule has 4 saturated heterocycles. The molecule has 6 rings (SSSR count). The number of rotatable bonds is 26. The number of aliphatic hydroxyl groups excluding tert-OH is 9. The molecule has 0 saturated carbocycles. The summed E-state index contributed by atoms with van der Waals surface area (Å²) in [6.07, 6.45) is -23.1. The zero-order chi connectivity index (χ0) is 49.8. The van der Waals surface area contributed by atoms with Gasteiger partial charge >= 0.3 is 0 Å². The van der Waals surface area contributed by atoms with Crippen LogP contribution < -0.4 is 0 Å². The lowest BCUT2D eigenvalue weighted by molar-refractivity contribution is -0.351. The van der Waals surface area contributed by atoms with E-state index in [4.69, 9.17) is 56.8 Å². The van der Waals surface area contributed by atoms with E-state index in [1.807, 2.05) is 13.8 Å². The predicted molar refractivity (Wildman–Crippen MR) is 228 cm³/mol. The molecule has 0 bridgehead atoms. The Hall–Kier alpha value is -2.56. The summed E-state index contributed by atoms with van der Waals surface area (Å²) in [5, 5.41) is 115. The molecule has 396 valence electrons. The fourth-order valence-corrected chi connectivity index (χ4v) is 8.49. The first-order chi connectivity index (χ1) is 33.2. The van der Waals surface area contributed by atoms with Crippen molar-refractivity contribution in [2.24, 2.45) is 0 Å². The fourth-order valence-electron chi connectivity index (χ4n) is 8.49. The molecule has 0 spiro atoms. The molecule has 2 aromatic rings. The number of nitrogens with zero attached hydrogens (tertiary/aromatic N) is 6. The van der Waals surface area contributed by atoms with E-state index in [1.54, 1.807) is 28.7 Å². The summed E-state index contributed by atoms with van der Waals surface area (Å²) in [6, 6.07) is 0. The van der Waals surface area contributed by atoms with Crippen LogP contribution >= 0.6 is 0 Å². The molecule has 2 aromatic heterocycles. The van der Waals surface area contributed by atoms with Gasteiger partial charge in [0.2, 0.25) is 0 Å². The normalized spacial score (nSPS) is 38.7. The Labute approximate surface area is 398 Å². The Bertz CT molecular complexity index is 1770. The molecule has 9 N–H and O–H groups in total. The van der Waals surface area contributed by atoms with Crippen molar-refractivity contribution in [3.05, 3.63) is 23.8 Å². The molecule has 4 aliphatic heterocycles. The SMILES string of the molecule is CCO[C@H]1[C@H](O)[C@@H](O)[C@@H](OC)O[C@@H]1CO[C@H]1O[C@H](CO[C@H]2O[C@H](CO[C@H]3O[C@H](COC)[C@@H](O)[C@H](O)[C@H]3O)[C@@H](OCCCc3cn(CC)nn3)[C@H](O)[C@H]2O)[C@@H](OCCCc2cn(CC)nn2)[C@H](O)[C@H]1O. The minimum Gasteiger partial charge on any atom is -0.387 e. The van der Waals surface area contributed by atoms with Crippen LogP contribution in [-0.2, 0) is 82.8 Å². The first-order valence-corrected chi connectivity index (χ1v) is 23.5. The van der Waals surface area contributed by atoms with Crippen LogP contribution in [0.15, 0.2) is 12.4 Å².